The number of nitrogens with zero attached hydrogens (tertiary/aromatic N) is 1. The number of hydrogen-bond donors (Lipinski definition) is 0. The number of amides is 1. The predicted molar refractivity (Wildman–Crippen MR) is 113 cm³/mol. The van der Waals surface area contributed by atoms with E-state index in [1.807, 2.05) is 48.5 Å². The van der Waals surface area contributed by atoms with Gasteiger partial charge >= 0.3 is 5.97 Å². The highest BCUT2D eigenvalue weighted by atomic mass is 16.5. The summed E-state index contributed by atoms with van der Waals surface area (Å²) < 4.78 is 4.81. The van der Waals surface area contributed by atoms with Crippen LogP contribution in [0.5, 0.6) is 0 Å². The summed E-state index contributed by atoms with van der Waals surface area (Å²) in [6.07, 6.45) is 3.38. The summed E-state index contributed by atoms with van der Waals surface area (Å²) in [4.78, 5) is 26.3. The number of benzene rings is 2. The highest BCUT2D eigenvalue weighted by Gasteiger charge is 2.20. The molecule has 1 amide bonds. The molecule has 4 nitrogen and oxygen atoms in total. The Labute approximate surface area is 167 Å². The van der Waals surface area contributed by atoms with Gasteiger partial charge in [0, 0.05) is 19.2 Å². The van der Waals surface area contributed by atoms with E-state index >= 15 is 0 Å². The summed E-state index contributed by atoms with van der Waals surface area (Å²) in [5.41, 5.74) is 3.25. The molecule has 0 aliphatic rings. The molecule has 1 atom stereocenters. The lowest BCUT2D eigenvalue weighted by atomic mass is 10.0. The quantitative estimate of drug-likeness (QED) is 0.495. The Kier molecular flexibility index (Phi) is 8.00. The first-order valence-electron chi connectivity index (χ1n) is 9.59. The van der Waals surface area contributed by atoms with E-state index in [4.69, 9.17) is 4.74 Å². The molecule has 2 rings (SSSR count). The molecule has 0 bridgehead atoms. The van der Waals surface area contributed by atoms with Crippen molar-refractivity contribution in [2.24, 2.45) is 5.92 Å². The van der Waals surface area contributed by atoms with E-state index in [1.54, 1.807) is 17.9 Å². The molecule has 0 aliphatic heterocycles. The van der Waals surface area contributed by atoms with Gasteiger partial charge in [0.1, 0.15) is 0 Å². The molecule has 0 saturated carbocycles. The Morgan fingerprint density at radius 3 is 2.21 bits per heavy atom. The van der Waals surface area contributed by atoms with Gasteiger partial charge in [-0.1, -0.05) is 75.4 Å². The number of ether oxygens (including phenoxy) is 1. The molecule has 0 aliphatic carbocycles. The van der Waals surface area contributed by atoms with Gasteiger partial charge < -0.3 is 9.64 Å². The third kappa shape index (κ3) is 6.38. The monoisotopic (exact) mass is 379 g/mol. The molecule has 4 heteroatoms. The van der Waals surface area contributed by atoms with Crippen LogP contribution in [0.4, 0.5) is 0 Å². The highest BCUT2D eigenvalue weighted by Crippen LogP contribution is 2.16. The maximum atomic E-state index is 12.8. The van der Waals surface area contributed by atoms with Gasteiger partial charge in [0.2, 0.25) is 5.91 Å². The fourth-order valence-corrected chi connectivity index (χ4v) is 2.91. The van der Waals surface area contributed by atoms with Crippen LogP contribution in [0.3, 0.4) is 0 Å². The first-order valence-corrected chi connectivity index (χ1v) is 9.59. The van der Waals surface area contributed by atoms with Crippen molar-refractivity contribution in [3.05, 3.63) is 77.4 Å². The van der Waals surface area contributed by atoms with Crippen molar-refractivity contribution in [2.45, 2.75) is 33.2 Å². The Bertz CT molecular complexity index is 794. The van der Waals surface area contributed by atoms with Crippen LogP contribution in [0.1, 0.15) is 43.4 Å². The van der Waals surface area contributed by atoms with Crippen molar-refractivity contribution in [2.75, 3.05) is 13.7 Å². The van der Waals surface area contributed by atoms with Gasteiger partial charge in [0.25, 0.3) is 0 Å². The average Bonchev–Trinajstić information content (AvgIpc) is 2.71. The summed E-state index contributed by atoms with van der Waals surface area (Å²) in [7, 11) is 1.36. The molecule has 0 fully saturated rings. The largest absolute Gasteiger partial charge is 0.469 e. The second-order valence-corrected chi connectivity index (χ2v) is 7.28. The van der Waals surface area contributed by atoms with Gasteiger partial charge in [-0.2, -0.15) is 0 Å². The third-order valence-corrected chi connectivity index (χ3v) is 4.65. The molecule has 0 radical (unpaired) electrons. The van der Waals surface area contributed by atoms with Gasteiger partial charge in [0.05, 0.1) is 13.0 Å². The summed E-state index contributed by atoms with van der Waals surface area (Å²) in [5, 5.41) is 0. The molecule has 148 valence electrons. The Morgan fingerprint density at radius 1 is 1.00 bits per heavy atom. The molecule has 1 unspecified atom stereocenters. The van der Waals surface area contributed by atoms with Crippen molar-refractivity contribution >= 4 is 18.0 Å². The number of methoxy groups -OCH3 is 1. The summed E-state index contributed by atoms with van der Waals surface area (Å²) in [6.45, 7) is 6.82. The van der Waals surface area contributed by atoms with Crippen LogP contribution in [-0.4, -0.2) is 30.4 Å². The van der Waals surface area contributed by atoms with Crippen LogP contribution in [-0.2, 0) is 20.9 Å². The fraction of sp³-hybridized carbons (Fsp3) is 0.333. The zero-order valence-electron chi connectivity index (χ0n) is 17.1. The molecular formula is C24H29NO3. The molecule has 0 aromatic heterocycles. The first kappa shape index (κ1) is 21.4. The van der Waals surface area contributed by atoms with Crippen molar-refractivity contribution in [1.82, 2.24) is 4.90 Å². The lowest BCUT2D eigenvalue weighted by molar-refractivity contribution is -0.146. The molecule has 0 saturated heterocycles. The van der Waals surface area contributed by atoms with E-state index in [-0.39, 0.29) is 11.9 Å². The SMILES string of the molecule is COC(=O)C(C)CN(Cc1ccccc1)C(=O)/C=C/c1ccc(C(C)C)cc1. The van der Waals surface area contributed by atoms with E-state index in [1.165, 1.54) is 12.7 Å². The minimum Gasteiger partial charge on any atom is -0.469 e. The molecular weight excluding hydrogens is 350 g/mol. The molecule has 2 aromatic carbocycles. The lowest BCUT2D eigenvalue weighted by Gasteiger charge is -2.24. The van der Waals surface area contributed by atoms with Gasteiger partial charge in [-0.25, -0.2) is 0 Å². The number of hydrogen-bond acceptors (Lipinski definition) is 3. The summed E-state index contributed by atoms with van der Waals surface area (Å²) in [5.74, 6) is -0.371. The van der Waals surface area contributed by atoms with Crippen molar-refractivity contribution in [3.63, 3.8) is 0 Å². The van der Waals surface area contributed by atoms with Crippen molar-refractivity contribution in [3.8, 4) is 0 Å². The maximum absolute atomic E-state index is 12.8. The summed E-state index contributed by atoms with van der Waals surface area (Å²) in [6, 6.07) is 17.9. The van der Waals surface area contributed by atoms with Gasteiger partial charge in [-0.15, -0.1) is 0 Å². The second-order valence-electron chi connectivity index (χ2n) is 7.28. The van der Waals surface area contributed by atoms with Crippen LogP contribution in [0.15, 0.2) is 60.7 Å². The Morgan fingerprint density at radius 2 is 1.64 bits per heavy atom. The van der Waals surface area contributed by atoms with Crippen molar-refractivity contribution < 1.29 is 14.3 Å². The zero-order valence-corrected chi connectivity index (χ0v) is 17.1. The van der Waals surface area contributed by atoms with Crippen LogP contribution in [0.2, 0.25) is 0 Å². The van der Waals surface area contributed by atoms with E-state index in [0.717, 1.165) is 11.1 Å². The topological polar surface area (TPSA) is 46.6 Å². The Balaban J connectivity index is 2.13. The zero-order chi connectivity index (χ0) is 20.5. The Hall–Kier alpha value is -2.88. The van der Waals surface area contributed by atoms with Crippen LogP contribution in [0.25, 0.3) is 6.08 Å². The van der Waals surface area contributed by atoms with E-state index < -0.39 is 5.92 Å². The minimum atomic E-state index is -0.392. The predicted octanol–water partition coefficient (Wildman–Crippen LogP) is 4.66. The fourth-order valence-electron chi connectivity index (χ4n) is 2.91. The van der Waals surface area contributed by atoms with Gasteiger partial charge in [-0.05, 0) is 28.7 Å². The molecule has 28 heavy (non-hydrogen) atoms. The van der Waals surface area contributed by atoms with Gasteiger partial charge in [-0.3, -0.25) is 9.59 Å². The molecule has 2 aromatic rings. The lowest BCUT2D eigenvalue weighted by Crippen LogP contribution is -2.35. The molecule has 0 heterocycles. The normalized spacial score (nSPS) is 12.2. The second kappa shape index (κ2) is 10.5. The van der Waals surface area contributed by atoms with Crippen LogP contribution >= 0.6 is 0 Å². The molecule has 0 spiro atoms. The van der Waals surface area contributed by atoms with E-state index in [9.17, 15) is 9.59 Å². The molecule has 0 N–H and O–H groups in total. The number of rotatable bonds is 8. The average molecular weight is 380 g/mol. The minimum absolute atomic E-state index is 0.132. The number of carbonyl (C=O) groups is 2. The smallest absolute Gasteiger partial charge is 0.310 e. The van der Waals surface area contributed by atoms with Crippen LogP contribution in [0, 0.1) is 5.92 Å². The standard InChI is InChI=1S/C24H29NO3/c1-18(2)22-13-10-20(11-14-22)12-15-23(26)25(16-19(3)24(27)28-4)17-21-8-6-5-7-9-21/h5-15,18-19H,16-17H2,1-4H3/b15-12+. The third-order valence-electron chi connectivity index (χ3n) is 4.65. The first-order chi connectivity index (χ1) is 13.4. The number of carbonyl (C=O) groups excluding carboxylic acids is 2. The van der Waals surface area contributed by atoms with Crippen LogP contribution < -0.4 is 0 Å². The maximum Gasteiger partial charge on any atom is 0.310 e. The number of esters is 1. The van der Waals surface area contributed by atoms with Gasteiger partial charge in [0.15, 0.2) is 0 Å². The highest BCUT2D eigenvalue weighted by molar-refractivity contribution is 5.92. The van der Waals surface area contributed by atoms with E-state index in [0.29, 0.717) is 19.0 Å². The van der Waals surface area contributed by atoms with Crippen molar-refractivity contribution in [1.29, 1.82) is 0 Å². The summed E-state index contributed by atoms with van der Waals surface area (Å²) >= 11 is 0. The van der Waals surface area contributed by atoms with E-state index in [2.05, 4.69) is 26.0 Å².